The van der Waals surface area contributed by atoms with Crippen LogP contribution in [-0.2, 0) is 14.6 Å². The number of halogens is 3. The molecule has 1 fully saturated rings. The number of nitrogens with zero attached hydrogens (tertiary/aromatic N) is 2. The van der Waals surface area contributed by atoms with Crippen molar-refractivity contribution in [3.8, 4) is 0 Å². The smallest absolute Gasteiger partial charge is 0.267 e. The molecular weight excluding hydrogens is 405 g/mol. The van der Waals surface area contributed by atoms with Crippen molar-refractivity contribution in [1.82, 2.24) is 4.90 Å². The van der Waals surface area contributed by atoms with Gasteiger partial charge in [-0.2, -0.15) is 0 Å². The average Bonchev–Trinajstić information content (AvgIpc) is 2.67. The Balaban J connectivity index is 1.90. The second kappa shape index (κ2) is 7.22. The molecule has 152 valence electrons. The SMILES string of the molecule is O=C(C1=CN(c2cc(F)cc(F)c2)c2cc(F)ccc2S1(=O)=O)N1CCCCC1. The summed E-state index contributed by atoms with van der Waals surface area (Å²) >= 11 is 0. The Kier molecular flexibility index (Phi) is 4.85. The highest BCUT2D eigenvalue weighted by Crippen LogP contribution is 2.41. The largest absolute Gasteiger partial charge is 0.338 e. The van der Waals surface area contributed by atoms with Crippen LogP contribution in [0.1, 0.15) is 19.3 Å². The van der Waals surface area contributed by atoms with Crippen molar-refractivity contribution in [2.24, 2.45) is 0 Å². The summed E-state index contributed by atoms with van der Waals surface area (Å²) in [5.41, 5.74) is -0.182. The molecule has 2 aliphatic heterocycles. The summed E-state index contributed by atoms with van der Waals surface area (Å²) in [7, 11) is -4.24. The summed E-state index contributed by atoms with van der Waals surface area (Å²) in [6.45, 7) is 0.854. The van der Waals surface area contributed by atoms with Crippen molar-refractivity contribution in [2.45, 2.75) is 24.2 Å². The average molecular weight is 422 g/mol. The van der Waals surface area contributed by atoms with E-state index in [9.17, 15) is 26.4 Å². The molecule has 0 saturated carbocycles. The molecule has 1 amide bonds. The monoisotopic (exact) mass is 422 g/mol. The number of hydrogen-bond donors (Lipinski definition) is 0. The van der Waals surface area contributed by atoms with E-state index < -0.39 is 38.1 Å². The number of carbonyl (C=O) groups is 1. The van der Waals surface area contributed by atoms with Gasteiger partial charge in [0.2, 0.25) is 9.84 Å². The van der Waals surface area contributed by atoms with Crippen molar-refractivity contribution in [2.75, 3.05) is 18.0 Å². The van der Waals surface area contributed by atoms with Crippen LogP contribution in [0.15, 0.2) is 52.4 Å². The topological polar surface area (TPSA) is 57.7 Å². The second-order valence-corrected chi connectivity index (χ2v) is 8.85. The molecule has 29 heavy (non-hydrogen) atoms. The molecule has 0 aromatic heterocycles. The summed E-state index contributed by atoms with van der Waals surface area (Å²) in [5.74, 6) is -3.17. The van der Waals surface area contributed by atoms with E-state index in [0.29, 0.717) is 19.2 Å². The van der Waals surface area contributed by atoms with E-state index >= 15 is 0 Å². The number of fused-ring (bicyclic) bond motifs is 1. The predicted molar refractivity (Wildman–Crippen MR) is 101 cm³/mol. The van der Waals surface area contributed by atoms with Gasteiger partial charge in [-0.25, -0.2) is 21.6 Å². The van der Waals surface area contributed by atoms with E-state index in [4.69, 9.17) is 0 Å². The van der Waals surface area contributed by atoms with Crippen LogP contribution in [0.5, 0.6) is 0 Å². The molecule has 0 unspecified atom stereocenters. The van der Waals surface area contributed by atoms with Crippen LogP contribution in [0.2, 0.25) is 0 Å². The molecule has 9 heteroatoms. The van der Waals surface area contributed by atoms with Crippen molar-refractivity contribution in [1.29, 1.82) is 0 Å². The molecule has 0 N–H and O–H groups in total. The van der Waals surface area contributed by atoms with Gasteiger partial charge < -0.3 is 9.80 Å². The molecule has 0 bridgehead atoms. The molecule has 0 radical (unpaired) electrons. The molecule has 0 spiro atoms. The lowest BCUT2D eigenvalue weighted by Crippen LogP contribution is -2.39. The van der Waals surface area contributed by atoms with Crippen LogP contribution in [0.25, 0.3) is 0 Å². The standard InChI is InChI=1S/C20H17F3N2O3S/c21-13-4-5-18-17(11-13)25(16-9-14(22)8-15(23)10-16)12-19(29(18,27)28)20(26)24-6-2-1-3-7-24/h4-5,8-12H,1-3,6-7H2. The molecule has 0 aliphatic carbocycles. The number of amides is 1. The van der Waals surface area contributed by atoms with E-state index in [0.717, 1.165) is 60.7 Å². The van der Waals surface area contributed by atoms with Crippen LogP contribution in [-0.4, -0.2) is 32.3 Å². The van der Waals surface area contributed by atoms with E-state index in [2.05, 4.69) is 0 Å². The van der Waals surface area contributed by atoms with Crippen molar-refractivity contribution in [3.63, 3.8) is 0 Å². The lowest BCUT2D eigenvalue weighted by Gasteiger charge is -2.32. The van der Waals surface area contributed by atoms with Crippen LogP contribution < -0.4 is 4.90 Å². The van der Waals surface area contributed by atoms with Crippen molar-refractivity contribution in [3.05, 3.63) is 65.0 Å². The van der Waals surface area contributed by atoms with Gasteiger partial charge in [0, 0.05) is 25.4 Å². The summed E-state index contributed by atoms with van der Waals surface area (Å²) in [5, 5.41) is 0. The zero-order chi connectivity index (χ0) is 20.8. The van der Waals surface area contributed by atoms with E-state index in [1.54, 1.807) is 0 Å². The molecule has 2 aromatic carbocycles. The maximum atomic E-state index is 13.9. The zero-order valence-corrected chi connectivity index (χ0v) is 16.1. The predicted octanol–water partition coefficient (Wildman–Crippen LogP) is 3.88. The molecule has 0 atom stereocenters. The minimum absolute atomic E-state index is 0.0619. The number of benzene rings is 2. The molecule has 2 aliphatic rings. The van der Waals surface area contributed by atoms with Gasteiger partial charge in [0.05, 0.1) is 16.3 Å². The Morgan fingerprint density at radius 1 is 0.862 bits per heavy atom. The number of sulfone groups is 1. The third-order valence-electron chi connectivity index (χ3n) is 4.99. The third kappa shape index (κ3) is 3.50. The van der Waals surface area contributed by atoms with Crippen LogP contribution in [0, 0.1) is 17.5 Å². The second-order valence-electron chi connectivity index (χ2n) is 6.96. The first-order chi connectivity index (χ1) is 13.8. The van der Waals surface area contributed by atoms with Gasteiger partial charge in [0.25, 0.3) is 5.91 Å². The van der Waals surface area contributed by atoms with Gasteiger partial charge in [-0.05, 0) is 49.6 Å². The minimum atomic E-state index is -4.24. The Morgan fingerprint density at radius 2 is 1.52 bits per heavy atom. The number of rotatable bonds is 2. The molecular formula is C20H17F3N2O3S. The highest BCUT2D eigenvalue weighted by molar-refractivity contribution is 7.96. The highest BCUT2D eigenvalue weighted by Gasteiger charge is 2.38. The summed E-state index contributed by atoms with van der Waals surface area (Å²) in [6, 6.07) is 5.60. The zero-order valence-electron chi connectivity index (χ0n) is 15.2. The quantitative estimate of drug-likeness (QED) is 0.690. The number of anilines is 2. The number of likely N-dealkylation sites (tertiary alicyclic amines) is 1. The molecule has 2 aromatic rings. The first-order valence-electron chi connectivity index (χ1n) is 9.08. The fourth-order valence-electron chi connectivity index (χ4n) is 3.60. The Morgan fingerprint density at radius 3 is 2.17 bits per heavy atom. The maximum absolute atomic E-state index is 13.9. The van der Waals surface area contributed by atoms with E-state index in [-0.39, 0.29) is 16.3 Å². The minimum Gasteiger partial charge on any atom is -0.338 e. The molecule has 2 heterocycles. The Hall–Kier alpha value is -2.81. The van der Waals surface area contributed by atoms with Gasteiger partial charge in [0.1, 0.15) is 17.5 Å². The van der Waals surface area contributed by atoms with Gasteiger partial charge in [-0.1, -0.05) is 0 Å². The normalized spacial score (nSPS) is 18.2. The lowest BCUT2D eigenvalue weighted by molar-refractivity contribution is -0.127. The Bertz CT molecular complexity index is 1110. The number of hydrogen-bond acceptors (Lipinski definition) is 4. The molecule has 5 nitrogen and oxygen atoms in total. The van der Waals surface area contributed by atoms with E-state index in [1.165, 1.54) is 4.90 Å². The maximum Gasteiger partial charge on any atom is 0.267 e. The fraction of sp³-hybridized carbons (Fsp3) is 0.250. The summed E-state index contributed by atoms with van der Waals surface area (Å²) in [6.07, 6.45) is 3.49. The van der Waals surface area contributed by atoms with Crippen LogP contribution in [0.3, 0.4) is 0 Å². The first kappa shape index (κ1) is 19.5. The highest BCUT2D eigenvalue weighted by atomic mass is 32.2. The third-order valence-corrected chi connectivity index (χ3v) is 6.77. The number of piperidine rings is 1. The lowest BCUT2D eigenvalue weighted by atomic mass is 10.1. The van der Waals surface area contributed by atoms with E-state index in [1.807, 2.05) is 0 Å². The van der Waals surface area contributed by atoms with Gasteiger partial charge >= 0.3 is 0 Å². The van der Waals surface area contributed by atoms with Crippen LogP contribution in [0.4, 0.5) is 24.5 Å². The summed E-state index contributed by atoms with van der Waals surface area (Å²) < 4.78 is 67.6. The first-order valence-corrected chi connectivity index (χ1v) is 10.6. The molecule has 4 rings (SSSR count). The Labute approximate surface area is 166 Å². The van der Waals surface area contributed by atoms with Crippen molar-refractivity contribution >= 4 is 27.1 Å². The van der Waals surface area contributed by atoms with Crippen molar-refractivity contribution < 1.29 is 26.4 Å². The van der Waals surface area contributed by atoms with Gasteiger partial charge in [-0.15, -0.1) is 0 Å². The number of carbonyl (C=O) groups excluding carboxylic acids is 1. The van der Waals surface area contributed by atoms with Crippen LogP contribution >= 0.6 is 0 Å². The summed E-state index contributed by atoms with van der Waals surface area (Å²) in [4.78, 5) is 14.8. The van der Waals surface area contributed by atoms with Gasteiger partial charge in [0.15, 0.2) is 4.91 Å². The fourth-order valence-corrected chi connectivity index (χ4v) is 5.12. The molecule has 1 saturated heterocycles. The van der Waals surface area contributed by atoms with Gasteiger partial charge in [-0.3, -0.25) is 4.79 Å².